The number of fused-ring (bicyclic) bond motifs is 2. The van der Waals surface area contributed by atoms with Crippen molar-refractivity contribution in [3.8, 4) is 17.2 Å². The van der Waals surface area contributed by atoms with Crippen molar-refractivity contribution in [2.45, 2.75) is 19.9 Å². The average Bonchev–Trinajstić information content (AvgIpc) is 2.70. The predicted molar refractivity (Wildman–Crippen MR) is 103 cm³/mol. The summed E-state index contributed by atoms with van der Waals surface area (Å²) in [4.78, 5) is 24.4. The van der Waals surface area contributed by atoms with Gasteiger partial charge in [0.2, 0.25) is 0 Å². The van der Waals surface area contributed by atoms with Crippen molar-refractivity contribution in [2.24, 2.45) is 5.92 Å². The highest BCUT2D eigenvalue weighted by molar-refractivity contribution is 6.00. The Morgan fingerprint density at radius 1 is 1.00 bits per heavy atom. The molecule has 2 aliphatic heterocycles. The van der Waals surface area contributed by atoms with Crippen LogP contribution in [0.1, 0.15) is 35.8 Å². The molecule has 146 valence electrons. The highest BCUT2D eigenvalue weighted by Gasteiger charge is 2.23. The molecule has 0 bridgehead atoms. The summed E-state index contributed by atoms with van der Waals surface area (Å²) in [5.74, 6) is 1.67. The second kappa shape index (κ2) is 7.42. The Bertz CT molecular complexity index is 925. The number of nitrogens with one attached hydrogen (secondary N) is 2. The van der Waals surface area contributed by atoms with Gasteiger partial charge in [-0.1, -0.05) is 19.9 Å². The number of hydrogen-bond donors (Lipinski definition) is 2. The van der Waals surface area contributed by atoms with Crippen LogP contribution >= 0.6 is 0 Å². The van der Waals surface area contributed by atoms with E-state index < -0.39 is 0 Å². The van der Waals surface area contributed by atoms with Gasteiger partial charge < -0.3 is 24.8 Å². The van der Waals surface area contributed by atoms with Crippen molar-refractivity contribution < 1.29 is 23.8 Å². The number of amides is 2. The minimum atomic E-state index is -0.235. The standard InChI is InChI=1S/C21H22N2O5/c1-12(2)20(13-3-6-17-18(10-13)27-8-7-26-17)23-21(25)14-4-5-16-15(9-14)22-19(24)11-28-16/h3-6,9-10,12,20H,7-8,11H2,1-2H3,(H,22,24)(H,23,25). The van der Waals surface area contributed by atoms with E-state index in [4.69, 9.17) is 14.2 Å². The van der Waals surface area contributed by atoms with E-state index in [2.05, 4.69) is 10.6 Å². The van der Waals surface area contributed by atoms with Crippen molar-refractivity contribution >= 4 is 17.5 Å². The number of benzene rings is 2. The summed E-state index contributed by atoms with van der Waals surface area (Å²) < 4.78 is 16.6. The van der Waals surface area contributed by atoms with Crippen LogP contribution in [0.2, 0.25) is 0 Å². The zero-order chi connectivity index (χ0) is 19.7. The van der Waals surface area contributed by atoms with E-state index in [0.29, 0.717) is 41.7 Å². The van der Waals surface area contributed by atoms with Gasteiger partial charge in [-0.2, -0.15) is 0 Å². The maximum Gasteiger partial charge on any atom is 0.262 e. The van der Waals surface area contributed by atoms with Crippen LogP contribution in [0, 0.1) is 5.92 Å². The number of carbonyl (C=O) groups is 2. The van der Waals surface area contributed by atoms with Gasteiger partial charge in [0.15, 0.2) is 18.1 Å². The van der Waals surface area contributed by atoms with Crippen LogP contribution in [0.3, 0.4) is 0 Å². The van der Waals surface area contributed by atoms with Crippen LogP contribution in [0.15, 0.2) is 36.4 Å². The molecule has 0 spiro atoms. The number of anilines is 1. The Balaban J connectivity index is 1.56. The van der Waals surface area contributed by atoms with Crippen molar-refractivity contribution in [1.82, 2.24) is 5.32 Å². The molecule has 1 unspecified atom stereocenters. The maximum absolute atomic E-state index is 12.9. The first-order chi connectivity index (χ1) is 13.5. The summed E-state index contributed by atoms with van der Waals surface area (Å²) in [7, 11) is 0. The molecule has 28 heavy (non-hydrogen) atoms. The molecule has 0 aromatic heterocycles. The Morgan fingerprint density at radius 3 is 2.54 bits per heavy atom. The summed E-state index contributed by atoms with van der Waals surface area (Å²) >= 11 is 0. The second-order valence-electron chi connectivity index (χ2n) is 7.15. The summed E-state index contributed by atoms with van der Waals surface area (Å²) in [6.45, 7) is 5.12. The van der Waals surface area contributed by atoms with E-state index in [1.54, 1.807) is 18.2 Å². The fourth-order valence-corrected chi connectivity index (χ4v) is 3.34. The zero-order valence-electron chi connectivity index (χ0n) is 15.8. The van der Waals surface area contributed by atoms with Crippen molar-refractivity contribution in [3.63, 3.8) is 0 Å². The third kappa shape index (κ3) is 3.60. The van der Waals surface area contributed by atoms with Crippen LogP contribution in [0.4, 0.5) is 5.69 Å². The summed E-state index contributed by atoms with van der Waals surface area (Å²) in [5.41, 5.74) is 1.90. The van der Waals surface area contributed by atoms with E-state index in [9.17, 15) is 9.59 Å². The third-order valence-corrected chi connectivity index (χ3v) is 4.75. The molecule has 2 aliphatic rings. The lowest BCUT2D eigenvalue weighted by Crippen LogP contribution is -2.32. The molecule has 0 aliphatic carbocycles. The van der Waals surface area contributed by atoms with Crippen LogP contribution in [0.25, 0.3) is 0 Å². The first-order valence-corrected chi connectivity index (χ1v) is 9.28. The molecule has 0 saturated heterocycles. The molecule has 2 aromatic carbocycles. The second-order valence-corrected chi connectivity index (χ2v) is 7.15. The molecule has 4 rings (SSSR count). The first-order valence-electron chi connectivity index (χ1n) is 9.28. The van der Waals surface area contributed by atoms with Crippen molar-refractivity contribution in [3.05, 3.63) is 47.5 Å². The van der Waals surface area contributed by atoms with Gasteiger partial charge >= 0.3 is 0 Å². The van der Waals surface area contributed by atoms with Crippen LogP contribution in [-0.2, 0) is 4.79 Å². The zero-order valence-corrected chi connectivity index (χ0v) is 15.8. The van der Waals surface area contributed by atoms with Crippen LogP contribution < -0.4 is 24.8 Å². The topological polar surface area (TPSA) is 85.9 Å². The van der Waals surface area contributed by atoms with Gasteiger partial charge in [-0.3, -0.25) is 9.59 Å². The van der Waals surface area contributed by atoms with E-state index in [1.165, 1.54) is 0 Å². The average molecular weight is 382 g/mol. The van der Waals surface area contributed by atoms with Crippen LogP contribution in [0.5, 0.6) is 17.2 Å². The smallest absolute Gasteiger partial charge is 0.262 e. The third-order valence-electron chi connectivity index (χ3n) is 4.75. The molecule has 7 nitrogen and oxygen atoms in total. The van der Waals surface area contributed by atoms with Crippen LogP contribution in [-0.4, -0.2) is 31.6 Å². The monoisotopic (exact) mass is 382 g/mol. The van der Waals surface area contributed by atoms with Gasteiger partial charge in [-0.05, 0) is 41.8 Å². The van der Waals surface area contributed by atoms with Gasteiger partial charge in [-0.25, -0.2) is 0 Å². The molecule has 7 heteroatoms. The van der Waals surface area contributed by atoms with Crippen molar-refractivity contribution in [2.75, 3.05) is 25.1 Å². The van der Waals surface area contributed by atoms with E-state index in [0.717, 1.165) is 5.56 Å². The van der Waals surface area contributed by atoms with E-state index >= 15 is 0 Å². The molecule has 0 fully saturated rings. The Kier molecular flexibility index (Phi) is 4.81. The molecule has 2 amide bonds. The number of carbonyl (C=O) groups excluding carboxylic acids is 2. The van der Waals surface area contributed by atoms with E-state index in [-0.39, 0.29) is 30.4 Å². The molecular weight excluding hydrogens is 360 g/mol. The Morgan fingerprint density at radius 2 is 1.75 bits per heavy atom. The Hall–Kier alpha value is -3.22. The van der Waals surface area contributed by atoms with E-state index in [1.807, 2.05) is 32.0 Å². The van der Waals surface area contributed by atoms with Gasteiger partial charge in [0.1, 0.15) is 19.0 Å². The molecule has 0 radical (unpaired) electrons. The van der Waals surface area contributed by atoms with Gasteiger partial charge in [0, 0.05) is 5.56 Å². The predicted octanol–water partition coefficient (Wildman–Crippen LogP) is 2.92. The largest absolute Gasteiger partial charge is 0.486 e. The molecule has 1 atom stereocenters. The number of ether oxygens (including phenoxy) is 3. The van der Waals surface area contributed by atoms with Gasteiger partial charge in [0.25, 0.3) is 11.8 Å². The Labute approximate surface area is 163 Å². The first kappa shape index (κ1) is 18.2. The number of hydrogen-bond acceptors (Lipinski definition) is 5. The minimum Gasteiger partial charge on any atom is -0.486 e. The lowest BCUT2D eigenvalue weighted by Gasteiger charge is -2.26. The molecule has 0 saturated carbocycles. The van der Waals surface area contributed by atoms with Gasteiger partial charge in [0.05, 0.1) is 11.7 Å². The number of rotatable bonds is 4. The minimum absolute atomic E-state index is 0.0158. The highest BCUT2D eigenvalue weighted by Crippen LogP contribution is 2.35. The molecule has 2 heterocycles. The lowest BCUT2D eigenvalue weighted by molar-refractivity contribution is -0.118. The highest BCUT2D eigenvalue weighted by atomic mass is 16.6. The fraction of sp³-hybridized carbons (Fsp3) is 0.333. The summed E-state index contributed by atoms with van der Waals surface area (Å²) in [6.07, 6.45) is 0. The lowest BCUT2D eigenvalue weighted by atomic mass is 9.95. The van der Waals surface area contributed by atoms with Crippen molar-refractivity contribution in [1.29, 1.82) is 0 Å². The quantitative estimate of drug-likeness (QED) is 0.849. The fourth-order valence-electron chi connectivity index (χ4n) is 3.34. The molecular formula is C21H22N2O5. The summed E-state index contributed by atoms with van der Waals surface area (Å²) in [5, 5.41) is 5.81. The van der Waals surface area contributed by atoms with Gasteiger partial charge in [-0.15, -0.1) is 0 Å². The molecule has 2 aromatic rings. The normalized spacial score (nSPS) is 15.9. The SMILES string of the molecule is CC(C)C(NC(=O)c1ccc2c(c1)NC(=O)CO2)c1ccc2c(c1)OCCO2. The molecule has 2 N–H and O–H groups in total. The maximum atomic E-state index is 12.9. The summed E-state index contributed by atoms with van der Waals surface area (Å²) in [6, 6.07) is 10.5.